The van der Waals surface area contributed by atoms with Crippen LogP contribution in [0.15, 0.2) is 0 Å². The van der Waals surface area contributed by atoms with E-state index in [2.05, 4.69) is 0 Å². The number of ether oxygens (including phenoxy) is 1. The highest BCUT2D eigenvalue weighted by atomic mass is 35.5. The van der Waals surface area contributed by atoms with Gasteiger partial charge in [0.05, 0.1) is 5.60 Å². The summed E-state index contributed by atoms with van der Waals surface area (Å²) in [5.74, 6) is 0. The Bertz CT molecular complexity index is 125. The molecule has 0 radical (unpaired) electrons. The SMILES string of the molecule is Cl.NC1CCCOC12CC2. The fraction of sp³-hybridized carbons (Fsp3) is 1.00. The van der Waals surface area contributed by atoms with Gasteiger partial charge in [0, 0.05) is 12.6 Å². The second-order valence-corrected chi connectivity index (χ2v) is 3.16. The molecule has 1 heterocycles. The molecular weight excluding hydrogens is 150 g/mol. The van der Waals surface area contributed by atoms with Crippen molar-refractivity contribution in [1.82, 2.24) is 0 Å². The zero-order valence-corrected chi connectivity index (χ0v) is 6.82. The zero-order valence-electron chi connectivity index (χ0n) is 6.01. The third-order valence-corrected chi connectivity index (χ3v) is 2.47. The Kier molecular flexibility index (Phi) is 2.23. The Balaban J connectivity index is 0.000000500. The molecule has 0 aromatic heterocycles. The largest absolute Gasteiger partial charge is 0.373 e. The van der Waals surface area contributed by atoms with Crippen LogP contribution in [0, 0.1) is 0 Å². The van der Waals surface area contributed by atoms with Gasteiger partial charge in [-0.2, -0.15) is 0 Å². The van der Waals surface area contributed by atoms with Gasteiger partial charge in [0.1, 0.15) is 0 Å². The van der Waals surface area contributed by atoms with E-state index >= 15 is 0 Å². The van der Waals surface area contributed by atoms with Crippen LogP contribution in [0.5, 0.6) is 0 Å². The van der Waals surface area contributed by atoms with E-state index in [9.17, 15) is 0 Å². The monoisotopic (exact) mass is 163 g/mol. The highest BCUT2D eigenvalue weighted by Gasteiger charge is 2.50. The Morgan fingerprint density at radius 3 is 2.50 bits per heavy atom. The van der Waals surface area contributed by atoms with Crippen LogP contribution < -0.4 is 5.73 Å². The molecule has 60 valence electrons. The third kappa shape index (κ3) is 1.16. The fourth-order valence-corrected chi connectivity index (χ4v) is 1.59. The summed E-state index contributed by atoms with van der Waals surface area (Å²) in [6.07, 6.45) is 4.73. The first-order valence-corrected chi connectivity index (χ1v) is 3.73. The molecule has 1 unspecified atom stereocenters. The maximum atomic E-state index is 5.85. The van der Waals surface area contributed by atoms with E-state index in [-0.39, 0.29) is 18.0 Å². The van der Waals surface area contributed by atoms with Crippen LogP contribution in [0.2, 0.25) is 0 Å². The van der Waals surface area contributed by atoms with Crippen LogP contribution in [0.1, 0.15) is 25.7 Å². The predicted octanol–water partition coefficient (Wildman–Crippen LogP) is 1.08. The molecule has 3 heteroatoms. The summed E-state index contributed by atoms with van der Waals surface area (Å²) < 4.78 is 5.56. The second-order valence-electron chi connectivity index (χ2n) is 3.16. The van der Waals surface area contributed by atoms with E-state index in [1.807, 2.05) is 0 Å². The topological polar surface area (TPSA) is 35.2 Å². The standard InChI is InChI=1S/C7H13NO.ClH/c8-6-2-1-5-9-7(6)3-4-7;/h6H,1-5,8H2;1H. The van der Waals surface area contributed by atoms with E-state index < -0.39 is 0 Å². The van der Waals surface area contributed by atoms with E-state index in [1.165, 1.54) is 19.3 Å². The second kappa shape index (κ2) is 2.68. The summed E-state index contributed by atoms with van der Waals surface area (Å²) in [6, 6.07) is 0.339. The summed E-state index contributed by atoms with van der Waals surface area (Å²) in [7, 11) is 0. The van der Waals surface area contributed by atoms with Crippen molar-refractivity contribution in [1.29, 1.82) is 0 Å². The first kappa shape index (κ1) is 8.31. The van der Waals surface area contributed by atoms with Crippen molar-refractivity contribution in [2.75, 3.05) is 6.61 Å². The van der Waals surface area contributed by atoms with Crippen LogP contribution in [0.4, 0.5) is 0 Å². The molecule has 1 spiro atoms. The molecule has 0 bridgehead atoms. The molecule has 1 saturated heterocycles. The average Bonchev–Trinajstić information content (AvgIpc) is 2.60. The van der Waals surface area contributed by atoms with Gasteiger partial charge in [-0.25, -0.2) is 0 Å². The maximum Gasteiger partial charge on any atom is 0.0834 e. The fourth-order valence-electron chi connectivity index (χ4n) is 1.59. The van der Waals surface area contributed by atoms with Gasteiger partial charge in [0.25, 0.3) is 0 Å². The van der Waals surface area contributed by atoms with Gasteiger partial charge >= 0.3 is 0 Å². The van der Waals surface area contributed by atoms with Gasteiger partial charge in [-0.3, -0.25) is 0 Å². The maximum absolute atomic E-state index is 5.85. The Labute approximate surface area is 67.5 Å². The number of halogens is 1. The summed E-state index contributed by atoms with van der Waals surface area (Å²) in [6.45, 7) is 0.938. The molecule has 10 heavy (non-hydrogen) atoms. The lowest BCUT2D eigenvalue weighted by molar-refractivity contribution is -0.0187. The molecule has 0 amide bonds. The van der Waals surface area contributed by atoms with Crippen molar-refractivity contribution < 1.29 is 4.74 Å². The van der Waals surface area contributed by atoms with E-state index in [0.717, 1.165) is 13.0 Å². The van der Waals surface area contributed by atoms with Crippen LogP contribution in [0.25, 0.3) is 0 Å². The van der Waals surface area contributed by atoms with Crippen LogP contribution in [0.3, 0.4) is 0 Å². The van der Waals surface area contributed by atoms with Crippen LogP contribution in [-0.4, -0.2) is 18.2 Å². The third-order valence-electron chi connectivity index (χ3n) is 2.47. The van der Waals surface area contributed by atoms with E-state index in [1.54, 1.807) is 0 Å². The Morgan fingerprint density at radius 1 is 1.40 bits per heavy atom. The van der Waals surface area contributed by atoms with Crippen molar-refractivity contribution >= 4 is 12.4 Å². The molecule has 2 aliphatic rings. The molecule has 0 aromatic carbocycles. The lowest BCUT2D eigenvalue weighted by Crippen LogP contribution is -2.42. The van der Waals surface area contributed by atoms with Crippen LogP contribution in [-0.2, 0) is 4.74 Å². The first-order chi connectivity index (χ1) is 4.33. The summed E-state index contributed by atoms with van der Waals surface area (Å²) in [5, 5.41) is 0. The van der Waals surface area contributed by atoms with E-state index in [4.69, 9.17) is 10.5 Å². The minimum atomic E-state index is 0. The molecule has 2 N–H and O–H groups in total. The molecule has 1 saturated carbocycles. The Hall–Kier alpha value is 0.210. The highest BCUT2D eigenvalue weighted by molar-refractivity contribution is 5.85. The lowest BCUT2D eigenvalue weighted by Gasteiger charge is -2.28. The van der Waals surface area contributed by atoms with Gasteiger partial charge in [0.2, 0.25) is 0 Å². The van der Waals surface area contributed by atoms with Crippen molar-refractivity contribution in [3.8, 4) is 0 Å². The summed E-state index contributed by atoms with van der Waals surface area (Å²) >= 11 is 0. The zero-order chi connectivity index (χ0) is 6.32. The van der Waals surface area contributed by atoms with Crippen molar-refractivity contribution in [3.63, 3.8) is 0 Å². The van der Waals surface area contributed by atoms with Gasteiger partial charge in [-0.05, 0) is 25.7 Å². The quantitative estimate of drug-likeness (QED) is 0.580. The molecule has 2 nitrogen and oxygen atoms in total. The van der Waals surface area contributed by atoms with E-state index in [0.29, 0.717) is 6.04 Å². The highest BCUT2D eigenvalue weighted by Crippen LogP contribution is 2.45. The summed E-state index contributed by atoms with van der Waals surface area (Å²) in [5.41, 5.74) is 6.01. The van der Waals surface area contributed by atoms with Gasteiger partial charge in [0.15, 0.2) is 0 Å². The average molecular weight is 164 g/mol. The molecule has 1 atom stereocenters. The first-order valence-electron chi connectivity index (χ1n) is 3.73. The molecule has 1 aliphatic carbocycles. The van der Waals surface area contributed by atoms with Gasteiger partial charge in [-0.1, -0.05) is 0 Å². The summed E-state index contributed by atoms with van der Waals surface area (Å²) in [4.78, 5) is 0. The normalized spacial score (nSPS) is 35.1. The molecule has 0 aromatic rings. The van der Waals surface area contributed by atoms with Crippen molar-refractivity contribution in [2.45, 2.75) is 37.3 Å². The minimum Gasteiger partial charge on any atom is -0.373 e. The smallest absolute Gasteiger partial charge is 0.0834 e. The number of nitrogens with two attached hydrogens (primary N) is 1. The lowest BCUT2D eigenvalue weighted by atomic mass is 10.0. The Morgan fingerprint density at radius 2 is 2.10 bits per heavy atom. The number of hydrogen-bond acceptors (Lipinski definition) is 2. The molecule has 2 fully saturated rings. The van der Waals surface area contributed by atoms with Crippen molar-refractivity contribution in [2.24, 2.45) is 5.73 Å². The predicted molar refractivity (Wildman–Crippen MR) is 42.4 cm³/mol. The van der Waals surface area contributed by atoms with Crippen molar-refractivity contribution in [3.05, 3.63) is 0 Å². The molecular formula is C7H14ClNO. The van der Waals surface area contributed by atoms with Crippen LogP contribution >= 0.6 is 12.4 Å². The minimum absolute atomic E-state index is 0. The molecule has 1 aliphatic heterocycles. The number of hydrogen-bond donors (Lipinski definition) is 1. The number of rotatable bonds is 0. The molecule has 2 rings (SSSR count). The van der Waals surface area contributed by atoms with Gasteiger partial charge < -0.3 is 10.5 Å². The van der Waals surface area contributed by atoms with Gasteiger partial charge in [-0.15, -0.1) is 12.4 Å².